The van der Waals surface area contributed by atoms with Crippen LogP contribution < -0.4 is 4.90 Å². The fourth-order valence-electron chi connectivity index (χ4n) is 3.81. The van der Waals surface area contributed by atoms with E-state index in [1.807, 2.05) is 18.2 Å². The van der Waals surface area contributed by atoms with E-state index in [1.54, 1.807) is 11.0 Å². The van der Waals surface area contributed by atoms with Crippen molar-refractivity contribution in [3.63, 3.8) is 0 Å². The van der Waals surface area contributed by atoms with Crippen molar-refractivity contribution in [3.05, 3.63) is 58.9 Å². The molecule has 4 rings (SSSR count). The fourth-order valence-corrected chi connectivity index (χ4v) is 4.83. The zero-order valence-electron chi connectivity index (χ0n) is 18.1. The number of fused-ring (bicyclic) bond motifs is 1. The third-order valence-electron chi connectivity index (χ3n) is 5.78. The summed E-state index contributed by atoms with van der Waals surface area (Å²) in [6.45, 7) is 8.93. The SMILES string of the molecule is Cc1ccc(CC(=O)N(CCCN2CCOCC2)c2nc3c(F)cccc3s2)cc1C. The molecular weight excluding hydrogens is 413 g/mol. The van der Waals surface area contributed by atoms with Gasteiger partial charge in [0.1, 0.15) is 11.3 Å². The third kappa shape index (κ3) is 5.29. The molecule has 1 saturated heterocycles. The van der Waals surface area contributed by atoms with Gasteiger partial charge in [0, 0.05) is 26.2 Å². The van der Waals surface area contributed by atoms with Crippen LogP contribution in [0.25, 0.3) is 10.2 Å². The molecule has 0 spiro atoms. The first-order valence-electron chi connectivity index (χ1n) is 10.7. The molecular formula is C24H28FN3O2S. The molecule has 0 N–H and O–H groups in total. The Morgan fingerprint density at radius 3 is 2.74 bits per heavy atom. The highest BCUT2D eigenvalue weighted by Crippen LogP contribution is 2.31. The summed E-state index contributed by atoms with van der Waals surface area (Å²) in [6, 6.07) is 11.1. The molecule has 0 radical (unpaired) electrons. The summed E-state index contributed by atoms with van der Waals surface area (Å²) in [7, 11) is 0. The summed E-state index contributed by atoms with van der Waals surface area (Å²) in [5.41, 5.74) is 3.70. The monoisotopic (exact) mass is 441 g/mol. The average molecular weight is 442 g/mol. The first-order valence-corrected chi connectivity index (χ1v) is 11.5. The number of halogens is 1. The van der Waals surface area contributed by atoms with Gasteiger partial charge in [-0.2, -0.15) is 0 Å². The lowest BCUT2D eigenvalue weighted by molar-refractivity contribution is -0.118. The second kappa shape index (κ2) is 9.85. The van der Waals surface area contributed by atoms with E-state index in [0.717, 1.165) is 49.5 Å². The molecule has 1 aliphatic rings. The average Bonchev–Trinajstić information content (AvgIpc) is 3.20. The van der Waals surface area contributed by atoms with E-state index >= 15 is 0 Å². The van der Waals surface area contributed by atoms with Gasteiger partial charge in [-0.25, -0.2) is 9.37 Å². The molecule has 5 nitrogen and oxygen atoms in total. The Kier molecular flexibility index (Phi) is 6.95. The lowest BCUT2D eigenvalue weighted by Gasteiger charge is -2.27. The second-order valence-electron chi connectivity index (χ2n) is 8.03. The topological polar surface area (TPSA) is 45.7 Å². The lowest BCUT2D eigenvalue weighted by Crippen LogP contribution is -2.39. The predicted molar refractivity (Wildman–Crippen MR) is 123 cm³/mol. The number of carbonyl (C=O) groups is 1. The largest absolute Gasteiger partial charge is 0.379 e. The van der Waals surface area contributed by atoms with Crippen molar-refractivity contribution in [1.82, 2.24) is 9.88 Å². The highest BCUT2D eigenvalue weighted by Gasteiger charge is 2.21. The van der Waals surface area contributed by atoms with Gasteiger partial charge < -0.3 is 4.74 Å². The van der Waals surface area contributed by atoms with Crippen molar-refractivity contribution in [2.24, 2.45) is 0 Å². The normalized spacial score (nSPS) is 14.8. The smallest absolute Gasteiger partial charge is 0.233 e. The number of benzene rings is 2. The maximum absolute atomic E-state index is 14.2. The van der Waals surface area contributed by atoms with Crippen LogP contribution in [0.3, 0.4) is 0 Å². The molecule has 1 aromatic heterocycles. The summed E-state index contributed by atoms with van der Waals surface area (Å²) < 4.78 is 20.4. The Morgan fingerprint density at radius 2 is 2.00 bits per heavy atom. The van der Waals surface area contributed by atoms with Crippen molar-refractivity contribution in [2.45, 2.75) is 26.7 Å². The molecule has 0 atom stereocenters. The van der Waals surface area contributed by atoms with Crippen LogP contribution in [0.1, 0.15) is 23.1 Å². The number of aryl methyl sites for hydroxylation is 2. The van der Waals surface area contributed by atoms with Crippen molar-refractivity contribution in [3.8, 4) is 0 Å². The second-order valence-corrected chi connectivity index (χ2v) is 9.04. The van der Waals surface area contributed by atoms with Crippen LogP contribution in [0, 0.1) is 19.7 Å². The zero-order chi connectivity index (χ0) is 21.8. The Hall–Kier alpha value is -2.35. The number of amides is 1. The van der Waals surface area contributed by atoms with Gasteiger partial charge in [-0.15, -0.1) is 0 Å². The predicted octanol–water partition coefficient (Wildman–Crippen LogP) is 4.35. The first kappa shape index (κ1) is 21.9. The van der Waals surface area contributed by atoms with Gasteiger partial charge in [-0.1, -0.05) is 35.6 Å². The first-order chi connectivity index (χ1) is 15.0. The third-order valence-corrected chi connectivity index (χ3v) is 6.82. The van der Waals surface area contributed by atoms with Crippen LogP contribution in [-0.4, -0.2) is 55.2 Å². The van der Waals surface area contributed by atoms with E-state index in [0.29, 0.717) is 23.6 Å². The number of carbonyl (C=O) groups excluding carboxylic acids is 1. The van der Waals surface area contributed by atoms with E-state index in [4.69, 9.17) is 4.74 Å². The molecule has 1 fully saturated rings. The van der Waals surface area contributed by atoms with Gasteiger partial charge in [0.2, 0.25) is 5.91 Å². The van der Waals surface area contributed by atoms with Crippen molar-refractivity contribution in [1.29, 1.82) is 0 Å². The van der Waals surface area contributed by atoms with E-state index in [2.05, 4.69) is 29.8 Å². The molecule has 0 bridgehead atoms. The lowest BCUT2D eigenvalue weighted by atomic mass is 10.0. The maximum Gasteiger partial charge on any atom is 0.233 e. The summed E-state index contributed by atoms with van der Waals surface area (Å²) in [6.07, 6.45) is 1.13. The van der Waals surface area contributed by atoms with E-state index in [9.17, 15) is 9.18 Å². The molecule has 31 heavy (non-hydrogen) atoms. The molecule has 2 aromatic carbocycles. The minimum absolute atomic E-state index is 0.00954. The van der Waals surface area contributed by atoms with Crippen LogP contribution in [0.2, 0.25) is 0 Å². The number of thiazole rings is 1. The fraction of sp³-hybridized carbons (Fsp3) is 0.417. The van der Waals surface area contributed by atoms with Gasteiger partial charge >= 0.3 is 0 Å². The van der Waals surface area contributed by atoms with Crippen molar-refractivity contribution in [2.75, 3.05) is 44.3 Å². The number of morpholine rings is 1. The van der Waals surface area contributed by atoms with E-state index in [1.165, 1.54) is 28.5 Å². The number of aromatic nitrogens is 1. The Balaban J connectivity index is 1.53. The van der Waals surface area contributed by atoms with Crippen molar-refractivity contribution >= 4 is 32.6 Å². The molecule has 2 heterocycles. The number of hydrogen-bond acceptors (Lipinski definition) is 5. The summed E-state index contributed by atoms with van der Waals surface area (Å²) in [5, 5.41) is 0.566. The Morgan fingerprint density at radius 1 is 1.19 bits per heavy atom. The molecule has 0 unspecified atom stereocenters. The van der Waals surface area contributed by atoms with Gasteiger partial charge in [0.15, 0.2) is 5.13 Å². The molecule has 3 aromatic rings. The minimum atomic E-state index is -0.352. The molecule has 0 saturated carbocycles. The molecule has 164 valence electrons. The van der Waals surface area contributed by atoms with Gasteiger partial charge in [-0.3, -0.25) is 14.6 Å². The highest BCUT2D eigenvalue weighted by molar-refractivity contribution is 7.22. The molecule has 1 aliphatic heterocycles. The van der Waals surface area contributed by atoms with Gasteiger partial charge in [0.25, 0.3) is 0 Å². The van der Waals surface area contributed by atoms with Crippen LogP contribution in [0.15, 0.2) is 36.4 Å². The molecule has 1 amide bonds. The Labute approximate surface area is 186 Å². The highest BCUT2D eigenvalue weighted by atomic mass is 32.1. The number of nitrogens with zero attached hydrogens (tertiary/aromatic N) is 3. The van der Waals surface area contributed by atoms with Crippen molar-refractivity contribution < 1.29 is 13.9 Å². The van der Waals surface area contributed by atoms with Gasteiger partial charge in [-0.05, 0) is 49.1 Å². The standard InChI is InChI=1S/C24H28FN3O2S/c1-17-7-8-19(15-18(17)2)16-22(29)28(10-4-9-27-11-13-30-14-12-27)24-26-23-20(25)5-3-6-21(23)31-24/h3,5-8,15H,4,9-14,16H2,1-2H3. The van der Waals surface area contributed by atoms with Crippen LogP contribution in [0.5, 0.6) is 0 Å². The van der Waals surface area contributed by atoms with Crippen LogP contribution in [-0.2, 0) is 16.0 Å². The minimum Gasteiger partial charge on any atom is -0.379 e. The van der Waals surface area contributed by atoms with E-state index in [-0.39, 0.29) is 11.7 Å². The quantitative estimate of drug-likeness (QED) is 0.547. The molecule has 0 aliphatic carbocycles. The summed E-state index contributed by atoms with van der Waals surface area (Å²) >= 11 is 1.37. The number of rotatable bonds is 7. The maximum atomic E-state index is 14.2. The Bertz CT molecular complexity index is 1060. The van der Waals surface area contributed by atoms with E-state index < -0.39 is 0 Å². The number of para-hydroxylation sites is 1. The summed E-state index contributed by atoms with van der Waals surface area (Å²) in [4.78, 5) is 21.9. The van der Waals surface area contributed by atoms with Crippen LogP contribution >= 0.6 is 11.3 Å². The zero-order valence-corrected chi connectivity index (χ0v) is 18.9. The summed E-state index contributed by atoms with van der Waals surface area (Å²) in [5.74, 6) is -0.362. The number of hydrogen-bond donors (Lipinski definition) is 0. The van der Waals surface area contributed by atoms with Crippen LogP contribution in [0.4, 0.5) is 9.52 Å². The van der Waals surface area contributed by atoms with Gasteiger partial charge in [0.05, 0.1) is 24.3 Å². The number of anilines is 1. The molecule has 7 heteroatoms. The number of ether oxygens (including phenoxy) is 1.